The monoisotopic (exact) mass is 409 g/mol. The molecule has 3 saturated heterocycles. The lowest BCUT2D eigenvalue weighted by molar-refractivity contribution is -0.133. The van der Waals surface area contributed by atoms with Gasteiger partial charge in [-0.3, -0.25) is 9.69 Å². The van der Waals surface area contributed by atoms with E-state index in [0.717, 1.165) is 81.9 Å². The van der Waals surface area contributed by atoms with Crippen molar-refractivity contribution in [1.29, 1.82) is 0 Å². The van der Waals surface area contributed by atoms with Crippen LogP contribution in [0.15, 0.2) is 30.6 Å². The molecule has 1 amide bonds. The lowest BCUT2D eigenvalue weighted by atomic mass is 9.87. The minimum absolute atomic E-state index is 0.102. The van der Waals surface area contributed by atoms with Crippen LogP contribution in [0.1, 0.15) is 32.1 Å². The fourth-order valence-corrected chi connectivity index (χ4v) is 5.47. The molecule has 0 N–H and O–H groups in total. The normalized spacial score (nSPS) is 25.7. The minimum atomic E-state index is 0.102. The first-order chi connectivity index (χ1) is 14.8. The highest BCUT2D eigenvalue weighted by molar-refractivity contribution is 5.89. The first kappa shape index (κ1) is 19.7. The van der Waals surface area contributed by atoms with Crippen LogP contribution in [0.4, 0.5) is 5.82 Å². The van der Waals surface area contributed by atoms with E-state index >= 15 is 0 Å². The molecule has 3 fully saturated rings. The maximum Gasteiger partial charge on any atom is 0.236 e. The number of carbonyl (C=O) groups is 1. The zero-order valence-corrected chi connectivity index (χ0v) is 17.6. The Morgan fingerprint density at radius 2 is 1.77 bits per heavy atom. The smallest absolute Gasteiger partial charge is 0.236 e. The Morgan fingerprint density at radius 3 is 2.63 bits per heavy atom. The molecule has 3 aliphatic heterocycles. The molecule has 5 rings (SSSR count). The average molecular weight is 410 g/mol. The maximum absolute atomic E-state index is 13.0. The number of hydrogen-bond acceptors (Lipinski definition) is 6. The molecular formula is C23H31N5O2. The zero-order chi connectivity index (χ0) is 20.4. The molecule has 1 aromatic carbocycles. The van der Waals surface area contributed by atoms with E-state index in [9.17, 15) is 4.79 Å². The van der Waals surface area contributed by atoms with Gasteiger partial charge in [-0.15, -0.1) is 0 Å². The molecule has 1 atom stereocenters. The molecule has 1 aromatic heterocycles. The molecule has 0 bridgehead atoms. The molecule has 0 saturated carbocycles. The molecule has 7 heteroatoms. The molecule has 0 aliphatic carbocycles. The Hall–Kier alpha value is -2.25. The maximum atomic E-state index is 13.0. The van der Waals surface area contributed by atoms with Crippen LogP contribution in [-0.2, 0) is 9.53 Å². The summed E-state index contributed by atoms with van der Waals surface area (Å²) in [4.78, 5) is 29.0. The summed E-state index contributed by atoms with van der Waals surface area (Å²) in [5.74, 6) is 1.33. The van der Waals surface area contributed by atoms with Crippen LogP contribution in [0.2, 0.25) is 0 Å². The van der Waals surface area contributed by atoms with Crippen LogP contribution in [-0.4, -0.2) is 83.7 Å². The number of benzene rings is 1. The van der Waals surface area contributed by atoms with Crippen molar-refractivity contribution in [2.24, 2.45) is 0 Å². The molecular weight excluding hydrogens is 378 g/mol. The van der Waals surface area contributed by atoms with Crippen molar-refractivity contribution < 1.29 is 9.53 Å². The highest BCUT2D eigenvalue weighted by Gasteiger charge is 2.43. The number of anilines is 1. The predicted molar refractivity (Wildman–Crippen MR) is 117 cm³/mol. The van der Waals surface area contributed by atoms with Crippen molar-refractivity contribution in [1.82, 2.24) is 19.8 Å². The van der Waals surface area contributed by atoms with Crippen molar-refractivity contribution in [3.05, 3.63) is 30.6 Å². The third kappa shape index (κ3) is 3.76. The molecule has 3 aliphatic rings. The Kier molecular flexibility index (Phi) is 5.56. The second-order valence-corrected chi connectivity index (χ2v) is 8.82. The molecule has 0 radical (unpaired) electrons. The first-order valence-corrected chi connectivity index (χ1v) is 11.3. The van der Waals surface area contributed by atoms with Crippen molar-refractivity contribution in [3.8, 4) is 0 Å². The van der Waals surface area contributed by atoms with Gasteiger partial charge in [0.25, 0.3) is 0 Å². The fourth-order valence-electron chi connectivity index (χ4n) is 5.47. The van der Waals surface area contributed by atoms with E-state index in [0.29, 0.717) is 6.54 Å². The van der Waals surface area contributed by atoms with Gasteiger partial charge in [0.2, 0.25) is 5.91 Å². The predicted octanol–water partition coefficient (Wildman–Crippen LogP) is 2.31. The Morgan fingerprint density at radius 1 is 0.967 bits per heavy atom. The molecule has 160 valence electrons. The van der Waals surface area contributed by atoms with Crippen LogP contribution in [0.5, 0.6) is 0 Å². The van der Waals surface area contributed by atoms with Crippen LogP contribution in [0.3, 0.4) is 0 Å². The standard InChI is InChI=1S/C23H31N5O2/c29-21(17-26-13-15-30-16-14-26)27-10-3-7-23(9-12-27)8-4-11-28(23)22-19-5-1-2-6-20(19)24-18-25-22/h1-2,5-6,18H,3-4,7-17H2. The summed E-state index contributed by atoms with van der Waals surface area (Å²) < 4.78 is 5.41. The third-order valence-corrected chi connectivity index (χ3v) is 7.11. The van der Waals surface area contributed by atoms with Crippen LogP contribution < -0.4 is 4.90 Å². The quantitative estimate of drug-likeness (QED) is 0.775. The highest BCUT2D eigenvalue weighted by Crippen LogP contribution is 2.42. The van der Waals surface area contributed by atoms with Crippen molar-refractivity contribution >= 4 is 22.6 Å². The summed E-state index contributed by atoms with van der Waals surface area (Å²) in [6, 6.07) is 8.29. The zero-order valence-electron chi connectivity index (χ0n) is 17.6. The number of morpholine rings is 1. The topological polar surface area (TPSA) is 61.8 Å². The Balaban J connectivity index is 1.32. The van der Waals surface area contributed by atoms with E-state index in [1.807, 2.05) is 6.07 Å². The van der Waals surface area contributed by atoms with E-state index in [4.69, 9.17) is 9.72 Å². The van der Waals surface area contributed by atoms with E-state index in [-0.39, 0.29) is 11.4 Å². The molecule has 1 unspecified atom stereocenters. The summed E-state index contributed by atoms with van der Waals surface area (Å²) in [5, 5.41) is 1.13. The van der Waals surface area contributed by atoms with Gasteiger partial charge in [-0.25, -0.2) is 9.97 Å². The van der Waals surface area contributed by atoms with Gasteiger partial charge < -0.3 is 14.5 Å². The van der Waals surface area contributed by atoms with Crippen LogP contribution in [0.25, 0.3) is 10.9 Å². The van der Waals surface area contributed by atoms with Gasteiger partial charge in [0.15, 0.2) is 0 Å². The van der Waals surface area contributed by atoms with Gasteiger partial charge in [-0.2, -0.15) is 0 Å². The van der Waals surface area contributed by atoms with Gasteiger partial charge in [0, 0.05) is 43.6 Å². The van der Waals surface area contributed by atoms with E-state index < -0.39 is 0 Å². The largest absolute Gasteiger partial charge is 0.379 e. The van der Waals surface area contributed by atoms with Gasteiger partial charge in [0.05, 0.1) is 25.3 Å². The number of para-hydroxylation sites is 1. The van der Waals surface area contributed by atoms with Gasteiger partial charge in [-0.05, 0) is 44.2 Å². The number of likely N-dealkylation sites (tertiary alicyclic amines) is 1. The highest BCUT2D eigenvalue weighted by atomic mass is 16.5. The second-order valence-electron chi connectivity index (χ2n) is 8.82. The summed E-state index contributed by atoms with van der Waals surface area (Å²) in [7, 11) is 0. The van der Waals surface area contributed by atoms with Crippen LogP contribution in [0, 0.1) is 0 Å². The summed E-state index contributed by atoms with van der Waals surface area (Å²) in [6.07, 6.45) is 7.23. The average Bonchev–Trinajstić information content (AvgIpc) is 3.06. The minimum Gasteiger partial charge on any atom is -0.379 e. The summed E-state index contributed by atoms with van der Waals surface area (Å²) >= 11 is 0. The van der Waals surface area contributed by atoms with E-state index in [1.54, 1.807) is 6.33 Å². The van der Waals surface area contributed by atoms with Crippen molar-refractivity contribution in [2.45, 2.75) is 37.6 Å². The number of fused-ring (bicyclic) bond motifs is 1. The van der Waals surface area contributed by atoms with Gasteiger partial charge in [0.1, 0.15) is 12.1 Å². The Bertz CT molecular complexity index is 895. The first-order valence-electron chi connectivity index (χ1n) is 11.3. The number of amides is 1. The summed E-state index contributed by atoms with van der Waals surface area (Å²) in [5.41, 5.74) is 1.10. The van der Waals surface area contributed by atoms with Crippen molar-refractivity contribution in [2.75, 3.05) is 57.4 Å². The number of hydrogen-bond donors (Lipinski definition) is 0. The van der Waals surface area contributed by atoms with E-state index in [2.05, 4.69) is 37.9 Å². The van der Waals surface area contributed by atoms with Crippen LogP contribution >= 0.6 is 0 Å². The number of nitrogens with zero attached hydrogens (tertiary/aromatic N) is 5. The lowest BCUT2D eigenvalue weighted by Crippen LogP contribution is -2.47. The molecule has 1 spiro atoms. The lowest BCUT2D eigenvalue weighted by Gasteiger charge is -2.39. The third-order valence-electron chi connectivity index (χ3n) is 7.11. The van der Waals surface area contributed by atoms with Gasteiger partial charge in [-0.1, -0.05) is 12.1 Å². The molecule has 7 nitrogen and oxygen atoms in total. The number of ether oxygens (including phenoxy) is 1. The number of carbonyl (C=O) groups excluding carboxylic acids is 1. The Labute approximate surface area is 178 Å². The second kappa shape index (κ2) is 8.47. The molecule has 4 heterocycles. The fraction of sp³-hybridized carbons (Fsp3) is 0.609. The number of rotatable bonds is 3. The van der Waals surface area contributed by atoms with Gasteiger partial charge >= 0.3 is 0 Å². The summed E-state index contributed by atoms with van der Waals surface area (Å²) in [6.45, 7) is 6.44. The molecule has 2 aromatic rings. The SMILES string of the molecule is O=C(CN1CCOCC1)N1CCCC2(CCCN2c2ncnc3ccccc23)CC1. The molecule has 30 heavy (non-hydrogen) atoms. The van der Waals surface area contributed by atoms with E-state index in [1.165, 1.54) is 12.8 Å². The number of aromatic nitrogens is 2. The van der Waals surface area contributed by atoms with Crippen molar-refractivity contribution in [3.63, 3.8) is 0 Å².